The number of halogens is 2. The van der Waals surface area contributed by atoms with Crippen molar-refractivity contribution in [2.75, 3.05) is 6.61 Å². The number of ether oxygens (including phenoxy) is 1. The zero-order chi connectivity index (χ0) is 20.9. The minimum Gasteiger partial charge on any atom is -0.454 e. The molecule has 3 aliphatic rings. The molecule has 2 saturated carbocycles. The fourth-order valence-corrected chi connectivity index (χ4v) is 4.05. The monoisotopic (exact) mass is 438 g/mol. The first-order valence-corrected chi connectivity index (χ1v) is 10.4. The molecule has 4 rings (SSSR count). The van der Waals surface area contributed by atoms with Gasteiger partial charge in [-0.1, -0.05) is 23.2 Å². The average Bonchev–Trinajstić information content (AvgIpc) is 3.59. The molecule has 1 heterocycles. The summed E-state index contributed by atoms with van der Waals surface area (Å²) in [6.07, 6.45) is 4.47. The predicted octanol–water partition coefficient (Wildman–Crippen LogP) is 2.83. The number of esters is 1. The zero-order valence-corrected chi connectivity index (χ0v) is 17.3. The molecule has 1 aromatic rings. The summed E-state index contributed by atoms with van der Waals surface area (Å²) in [6.45, 7) is 0.933. The van der Waals surface area contributed by atoms with Crippen LogP contribution in [0.25, 0.3) is 0 Å². The van der Waals surface area contributed by atoms with E-state index in [0.717, 1.165) is 30.6 Å². The molecule has 29 heavy (non-hydrogen) atoms. The van der Waals surface area contributed by atoms with Crippen molar-refractivity contribution < 1.29 is 23.9 Å². The molecule has 0 bridgehead atoms. The Bertz CT molecular complexity index is 857. The van der Waals surface area contributed by atoms with Crippen molar-refractivity contribution >= 4 is 46.9 Å². The average molecular weight is 439 g/mol. The minimum absolute atomic E-state index is 0.0819. The SMILES string of the molecule is C[C@@H](C(=O)OCC(=O)NC(C1CC1)C1CC1)N1C(=O)c2cc(Cl)c(Cl)cc2C1=O. The van der Waals surface area contributed by atoms with Crippen molar-refractivity contribution in [1.29, 1.82) is 0 Å². The number of carbonyl (C=O) groups is 4. The third-order valence-electron chi connectivity index (χ3n) is 5.62. The summed E-state index contributed by atoms with van der Waals surface area (Å²) in [5.74, 6) is -1.45. The molecule has 0 aromatic heterocycles. The van der Waals surface area contributed by atoms with Crippen LogP contribution in [0, 0.1) is 11.8 Å². The van der Waals surface area contributed by atoms with Crippen LogP contribution in [0.1, 0.15) is 53.3 Å². The highest BCUT2D eigenvalue weighted by atomic mass is 35.5. The molecule has 0 saturated heterocycles. The zero-order valence-electron chi connectivity index (χ0n) is 15.7. The number of hydrogen-bond acceptors (Lipinski definition) is 5. The fourth-order valence-electron chi connectivity index (χ4n) is 3.73. The van der Waals surface area contributed by atoms with E-state index in [2.05, 4.69) is 5.32 Å². The topological polar surface area (TPSA) is 92.8 Å². The summed E-state index contributed by atoms with van der Waals surface area (Å²) in [5.41, 5.74) is 0.164. The van der Waals surface area contributed by atoms with Gasteiger partial charge in [0, 0.05) is 6.04 Å². The Hall–Kier alpha value is -2.12. The van der Waals surface area contributed by atoms with Gasteiger partial charge in [0.05, 0.1) is 21.2 Å². The van der Waals surface area contributed by atoms with Crippen LogP contribution in [-0.4, -0.2) is 47.3 Å². The van der Waals surface area contributed by atoms with Crippen molar-refractivity contribution in [3.8, 4) is 0 Å². The Balaban J connectivity index is 1.36. The third-order valence-corrected chi connectivity index (χ3v) is 6.34. The van der Waals surface area contributed by atoms with Crippen LogP contribution in [-0.2, 0) is 14.3 Å². The lowest BCUT2D eigenvalue weighted by molar-refractivity contribution is -0.152. The van der Waals surface area contributed by atoms with Gasteiger partial charge >= 0.3 is 5.97 Å². The van der Waals surface area contributed by atoms with E-state index >= 15 is 0 Å². The molecule has 3 amide bonds. The second kappa shape index (κ2) is 7.61. The first-order valence-electron chi connectivity index (χ1n) is 9.61. The van der Waals surface area contributed by atoms with E-state index in [4.69, 9.17) is 27.9 Å². The summed E-state index contributed by atoms with van der Waals surface area (Å²) in [5, 5.41) is 3.24. The van der Waals surface area contributed by atoms with Crippen LogP contribution in [0.4, 0.5) is 0 Å². The summed E-state index contributed by atoms with van der Waals surface area (Å²) in [7, 11) is 0. The Morgan fingerprint density at radius 3 is 2.00 bits per heavy atom. The molecule has 2 fully saturated rings. The van der Waals surface area contributed by atoms with Crippen molar-refractivity contribution in [3.63, 3.8) is 0 Å². The molecular formula is C20H20Cl2N2O5. The lowest BCUT2D eigenvalue weighted by atomic mass is 10.1. The number of rotatable bonds is 7. The summed E-state index contributed by atoms with van der Waals surface area (Å²) in [6, 6.07) is 1.58. The molecule has 154 valence electrons. The van der Waals surface area contributed by atoms with Gasteiger partial charge in [0.1, 0.15) is 6.04 Å². The second-order valence-corrected chi connectivity index (χ2v) is 8.66. The van der Waals surface area contributed by atoms with Crippen molar-refractivity contribution in [2.24, 2.45) is 11.8 Å². The Morgan fingerprint density at radius 1 is 1.07 bits per heavy atom. The van der Waals surface area contributed by atoms with Crippen molar-refractivity contribution in [3.05, 3.63) is 33.3 Å². The molecule has 0 spiro atoms. The van der Waals surface area contributed by atoms with Crippen molar-refractivity contribution in [2.45, 2.75) is 44.7 Å². The van der Waals surface area contributed by atoms with Gasteiger partial charge in [-0.05, 0) is 56.6 Å². The molecule has 1 aromatic carbocycles. The fraction of sp³-hybridized carbons (Fsp3) is 0.500. The Labute approximate surface area is 177 Å². The molecule has 1 aliphatic heterocycles. The molecule has 1 atom stereocenters. The maximum Gasteiger partial charge on any atom is 0.329 e. The maximum atomic E-state index is 12.6. The van der Waals surface area contributed by atoms with Crippen LogP contribution in [0.2, 0.25) is 10.0 Å². The molecule has 7 nitrogen and oxygen atoms in total. The molecule has 9 heteroatoms. The van der Waals surface area contributed by atoms with E-state index in [9.17, 15) is 19.2 Å². The molecule has 0 unspecified atom stereocenters. The van der Waals surface area contributed by atoms with E-state index in [1.165, 1.54) is 19.1 Å². The van der Waals surface area contributed by atoms with Crippen LogP contribution in [0.3, 0.4) is 0 Å². The van der Waals surface area contributed by atoms with Gasteiger partial charge in [-0.25, -0.2) is 4.79 Å². The van der Waals surface area contributed by atoms with Gasteiger partial charge in [0.15, 0.2) is 6.61 Å². The van der Waals surface area contributed by atoms with Crippen LogP contribution < -0.4 is 5.32 Å². The highest BCUT2D eigenvalue weighted by molar-refractivity contribution is 6.43. The number of imide groups is 1. The van der Waals surface area contributed by atoms with Crippen LogP contribution >= 0.6 is 23.2 Å². The van der Waals surface area contributed by atoms with Gasteiger partial charge in [0.2, 0.25) is 0 Å². The number of carbonyl (C=O) groups excluding carboxylic acids is 4. The smallest absolute Gasteiger partial charge is 0.329 e. The minimum atomic E-state index is -1.18. The van der Waals surface area contributed by atoms with Crippen LogP contribution in [0.15, 0.2) is 12.1 Å². The van der Waals surface area contributed by atoms with Gasteiger partial charge in [0.25, 0.3) is 17.7 Å². The highest BCUT2D eigenvalue weighted by Crippen LogP contribution is 2.44. The Kier molecular flexibility index (Phi) is 5.29. The van der Waals surface area contributed by atoms with E-state index < -0.39 is 30.4 Å². The van der Waals surface area contributed by atoms with Gasteiger partial charge in [-0.15, -0.1) is 0 Å². The number of amides is 3. The number of nitrogens with one attached hydrogen (secondary N) is 1. The second-order valence-electron chi connectivity index (χ2n) is 7.84. The van der Waals surface area contributed by atoms with Gasteiger partial charge in [-0.3, -0.25) is 19.3 Å². The number of nitrogens with zero attached hydrogens (tertiary/aromatic N) is 1. The molecule has 2 aliphatic carbocycles. The number of hydrogen-bond donors (Lipinski definition) is 1. The van der Waals surface area contributed by atoms with Gasteiger partial charge in [-0.2, -0.15) is 0 Å². The molecule has 1 N–H and O–H groups in total. The lowest BCUT2D eigenvalue weighted by Gasteiger charge is -2.21. The molecule has 0 radical (unpaired) electrons. The van der Waals surface area contributed by atoms with Gasteiger partial charge < -0.3 is 10.1 Å². The summed E-state index contributed by atoms with van der Waals surface area (Å²) in [4.78, 5) is 50.5. The maximum absolute atomic E-state index is 12.6. The van der Waals surface area contributed by atoms with E-state index in [-0.39, 0.29) is 33.1 Å². The first kappa shape index (κ1) is 20.2. The summed E-state index contributed by atoms with van der Waals surface area (Å²) < 4.78 is 5.07. The predicted molar refractivity (Wildman–Crippen MR) is 105 cm³/mol. The third kappa shape index (κ3) is 3.98. The van der Waals surface area contributed by atoms with Crippen LogP contribution in [0.5, 0.6) is 0 Å². The molecular weight excluding hydrogens is 419 g/mol. The first-order chi connectivity index (χ1) is 13.8. The largest absolute Gasteiger partial charge is 0.454 e. The lowest BCUT2D eigenvalue weighted by Crippen LogP contribution is -2.45. The summed E-state index contributed by atoms with van der Waals surface area (Å²) >= 11 is 11.8. The van der Waals surface area contributed by atoms with E-state index in [1.54, 1.807) is 0 Å². The number of fused-ring (bicyclic) bond motifs is 1. The number of benzene rings is 1. The quantitative estimate of drug-likeness (QED) is 0.521. The van der Waals surface area contributed by atoms with E-state index in [0.29, 0.717) is 11.8 Å². The van der Waals surface area contributed by atoms with Crippen molar-refractivity contribution in [1.82, 2.24) is 10.2 Å². The van der Waals surface area contributed by atoms with E-state index in [1.807, 2.05) is 0 Å². The normalized spacial score (nSPS) is 19.4. The Morgan fingerprint density at radius 2 is 1.55 bits per heavy atom. The standard InChI is InChI=1S/C20H20Cl2N2O5/c1-9(24-18(26)12-6-14(21)15(22)7-13(12)19(24)27)20(28)29-8-16(25)23-17(10-2-3-10)11-4-5-11/h6-7,9-11,17H,2-5,8H2,1H3,(H,23,25)/t9-/m0/s1. The highest BCUT2D eigenvalue weighted by Gasteiger charge is 2.43.